The molecular weight excluding hydrogens is 276 g/mol. The molecule has 0 bridgehead atoms. The molecule has 1 unspecified atom stereocenters. The van der Waals surface area contributed by atoms with Crippen molar-refractivity contribution in [3.05, 3.63) is 50.9 Å². The Hall–Kier alpha value is -0.900. The molecule has 2 aromatic heterocycles. The average molecular weight is 295 g/mol. The average Bonchev–Trinajstić information content (AvgIpc) is 2.80. The third kappa shape index (κ3) is 4.30. The van der Waals surface area contributed by atoms with Crippen molar-refractivity contribution in [1.82, 2.24) is 10.3 Å². The van der Waals surface area contributed by atoms with Crippen LogP contribution in [-0.2, 0) is 6.42 Å². The molecule has 0 saturated carbocycles. The number of hydrogen-bond donors (Lipinski definition) is 1. The minimum atomic E-state index is 0.259. The summed E-state index contributed by atoms with van der Waals surface area (Å²) in [5.41, 5.74) is 2.17. The second kappa shape index (κ2) is 7.04. The number of nitrogens with zero attached hydrogens (tertiary/aromatic N) is 1. The second-order valence-electron chi connectivity index (χ2n) is 4.62. The second-order valence-corrected chi connectivity index (χ2v) is 6.42. The summed E-state index contributed by atoms with van der Waals surface area (Å²) in [5.74, 6) is 0. The summed E-state index contributed by atoms with van der Waals surface area (Å²) in [5, 5.41) is 3.57. The Morgan fingerprint density at radius 1 is 1.32 bits per heavy atom. The molecule has 2 nitrogen and oxygen atoms in total. The topological polar surface area (TPSA) is 24.9 Å². The number of rotatable bonds is 6. The van der Waals surface area contributed by atoms with E-state index >= 15 is 0 Å². The quantitative estimate of drug-likeness (QED) is 0.855. The first-order valence-electron chi connectivity index (χ1n) is 6.60. The third-order valence-electron chi connectivity index (χ3n) is 2.94. The molecule has 2 rings (SSSR count). The van der Waals surface area contributed by atoms with Gasteiger partial charge in [-0.25, -0.2) is 0 Å². The van der Waals surface area contributed by atoms with Crippen molar-refractivity contribution in [2.75, 3.05) is 6.54 Å². The van der Waals surface area contributed by atoms with Crippen molar-refractivity contribution in [3.63, 3.8) is 0 Å². The van der Waals surface area contributed by atoms with Crippen LogP contribution in [0.3, 0.4) is 0 Å². The molecule has 1 atom stereocenters. The van der Waals surface area contributed by atoms with Gasteiger partial charge in [-0.05, 0) is 44.2 Å². The van der Waals surface area contributed by atoms with Crippen LogP contribution in [0.15, 0.2) is 30.3 Å². The van der Waals surface area contributed by atoms with Crippen LogP contribution in [0.5, 0.6) is 0 Å². The van der Waals surface area contributed by atoms with Crippen molar-refractivity contribution in [1.29, 1.82) is 0 Å². The Balaban J connectivity index is 2.15. The highest BCUT2D eigenvalue weighted by atomic mass is 35.5. The maximum absolute atomic E-state index is 6.00. The fraction of sp³-hybridized carbons (Fsp3) is 0.400. The molecule has 0 amide bonds. The molecule has 0 radical (unpaired) electrons. The van der Waals surface area contributed by atoms with Gasteiger partial charge in [0.05, 0.1) is 16.1 Å². The van der Waals surface area contributed by atoms with Crippen LogP contribution in [-0.4, -0.2) is 11.5 Å². The number of hydrogen-bond acceptors (Lipinski definition) is 3. The zero-order valence-electron chi connectivity index (χ0n) is 11.3. The summed E-state index contributed by atoms with van der Waals surface area (Å²) in [4.78, 5) is 5.93. The maximum Gasteiger partial charge on any atom is 0.0931 e. The number of pyridine rings is 1. The van der Waals surface area contributed by atoms with Gasteiger partial charge in [0.25, 0.3) is 0 Å². The molecule has 4 heteroatoms. The molecule has 0 aliphatic heterocycles. The predicted molar refractivity (Wildman–Crippen MR) is 83.0 cm³/mol. The van der Waals surface area contributed by atoms with Gasteiger partial charge >= 0.3 is 0 Å². The smallest absolute Gasteiger partial charge is 0.0931 e. The molecule has 0 aliphatic carbocycles. The van der Waals surface area contributed by atoms with Gasteiger partial charge in [0, 0.05) is 17.0 Å². The molecule has 0 saturated heterocycles. The molecule has 2 heterocycles. The van der Waals surface area contributed by atoms with Crippen molar-refractivity contribution < 1.29 is 0 Å². The molecule has 0 aliphatic rings. The van der Waals surface area contributed by atoms with Gasteiger partial charge in [-0.2, -0.15) is 0 Å². The van der Waals surface area contributed by atoms with Crippen molar-refractivity contribution in [2.24, 2.45) is 0 Å². The van der Waals surface area contributed by atoms with E-state index in [-0.39, 0.29) is 6.04 Å². The zero-order chi connectivity index (χ0) is 13.7. The summed E-state index contributed by atoms with van der Waals surface area (Å²) in [6.07, 6.45) is 2.06. The molecule has 0 fully saturated rings. The Morgan fingerprint density at radius 3 is 2.79 bits per heavy atom. The SMILES string of the molecule is CCCNC(Cc1ccc(Cl)s1)c1cccc(C)n1. The van der Waals surface area contributed by atoms with E-state index in [1.165, 1.54) is 4.88 Å². The van der Waals surface area contributed by atoms with Crippen molar-refractivity contribution in [3.8, 4) is 0 Å². The van der Waals surface area contributed by atoms with E-state index in [1.54, 1.807) is 11.3 Å². The lowest BCUT2D eigenvalue weighted by atomic mass is 10.1. The molecule has 2 aromatic rings. The lowest BCUT2D eigenvalue weighted by Crippen LogP contribution is -2.24. The zero-order valence-corrected chi connectivity index (χ0v) is 12.9. The Labute approximate surface area is 123 Å². The van der Waals surface area contributed by atoms with E-state index in [0.29, 0.717) is 0 Å². The minimum Gasteiger partial charge on any atom is -0.308 e. The number of halogens is 1. The lowest BCUT2D eigenvalue weighted by Gasteiger charge is -2.17. The van der Waals surface area contributed by atoms with Crippen molar-refractivity contribution >= 4 is 22.9 Å². The van der Waals surface area contributed by atoms with Gasteiger partial charge in [-0.1, -0.05) is 24.6 Å². The van der Waals surface area contributed by atoms with Crippen LogP contribution in [0.2, 0.25) is 4.34 Å². The summed E-state index contributed by atoms with van der Waals surface area (Å²) in [6.45, 7) is 5.21. The maximum atomic E-state index is 6.00. The first kappa shape index (κ1) is 14.5. The van der Waals surface area contributed by atoms with Crippen molar-refractivity contribution in [2.45, 2.75) is 32.7 Å². The number of nitrogens with one attached hydrogen (secondary N) is 1. The summed E-state index contributed by atoms with van der Waals surface area (Å²) < 4.78 is 0.849. The van der Waals surface area contributed by atoms with Gasteiger partial charge < -0.3 is 5.32 Å². The number of aryl methyl sites for hydroxylation is 1. The fourth-order valence-electron chi connectivity index (χ4n) is 2.02. The molecule has 0 aromatic carbocycles. The predicted octanol–water partition coefficient (Wildman–Crippen LogP) is 4.39. The van der Waals surface area contributed by atoms with Crippen LogP contribution in [0.25, 0.3) is 0 Å². The highest BCUT2D eigenvalue weighted by Crippen LogP contribution is 2.26. The molecule has 102 valence electrons. The van der Waals surface area contributed by atoms with Crippen LogP contribution in [0.1, 0.15) is 35.7 Å². The Bertz CT molecular complexity index is 524. The van der Waals surface area contributed by atoms with Gasteiger partial charge in [0.2, 0.25) is 0 Å². The molecule has 0 spiro atoms. The lowest BCUT2D eigenvalue weighted by molar-refractivity contribution is 0.520. The highest BCUT2D eigenvalue weighted by Gasteiger charge is 2.14. The van der Waals surface area contributed by atoms with Gasteiger partial charge in [0.1, 0.15) is 0 Å². The van der Waals surface area contributed by atoms with E-state index in [0.717, 1.165) is 35.1 Å². The third-order valence-corrected chi connectivity index (χ3v) is 4.20. The first-order valence-corrected chi connectivity index (χ1v) is 7.79. The molecule has 1 N–H and O–H groups in total. The first-order chi connectivity index (χ1) is 9.19. The van der Waals surface area contributed by atoms with E-state index in [4.69, 9.17) is 11.6 Å². The minimum absolute atomic E-state index is 0.259. The molecule has 19 heavy (non-hydrogen) atoms. The summed E-state index contributed by atoms with van der Waals surface area (Å²) >= 11 is 7.65. The molecular formula is C15H19ClN2S. The van der Waals surface area contributed by atoms with E-state index in [1.807, 2.05) is 19.1 Å². The monoisotopic (exact) mass is 294 g/mol. The highest BCUT2D eigenvalue weighted by molar-refractivity contribution is 7.16. The van der Waals surface area contributed by atoms with Crippen LogP contribution in [0.4, 0.5) is 0 Å². The fourth-order valence-corrected chi connectivity index (χ4v) is 3.15. The van der Waals surface area contributed by atoms with Gasteiger partial charge in [-0.15, -0.1) is 11.3 Å². The van der Waals surface area contributed by atoms with Crippen LogP contribution in [0, 0.1) is 6.92 Å². The Kier molecular flexibility index (Phi) is 5.37. The van der Waals surface area contributed by atoms with E-state index in [9.17, 15) is 0 Å². The van der Waals surface area contributed by atoms with Gasteiger partial charge in [-0.3, -0.25) is 4.98 Å². The van der Waals surface area contributed by atoms with Crippen LogP contribution < -0.4 is 5.32 Å². The normalized spacial score (nSPS) is 12.6. The number of thiophene rings is 1. The largest absolute Gasteiger partial charge is 0.308 e. The summed E-state index contributed by atoms with van der Waals surface area (Å²) in [6, 6.07) is 10.5. The number of aromatic nitrogens is 1. The van der Waals surface area contributed by atoms with Crippen LogP contribution >= 0.6 is 22.9 Å². The van der Waals surface area contributed by atoms with Gasteiger partial charge in [0.15, 0.2) is 0 Å². The standard InChI is InChI=1S/C15H19ClN2S/c1-3-9-17-14(10-12-7-8-15(16)19-12)13-6-4-5-11(2)18-13/h4-8,14,17H,3,9-10H2,1-2H3. The Morgan fingerprint density at radius 2 is 2.16 bits per heavy atom. The summed E-state index contributed by atoms with van der Waals surface area (Å²) in [7, 11) is 0. The van der Waals surface area contributed by atoms with E-state index in [2.05, 4.69) is 35.4 Å². The van der Waals surface area contributed by atoms with E-state index < -0.39 is 0 Å².